The van der Waals surface area contributed by atoms with E-state index in [0.29, 0.717) is 17.2 Å². The van der Waals surface area contributed by atoms with Crippen molar-refractivity contribution in [3.05, 3.63) is 65.2 Å². The van der Waals surface area contributed by atoms with Gasteiger partial charge in [-0.1, -0.05) is 42.5 Å². The van der Waals surface area contributed by atoms with Crippen molar-refractivity contribution < 1.29 is 14.3 Å². The van der Waals surface area contributed by atoms with E-state index in [9.17, 15) is 9.59 Å². The van der Waals surface area contributed by atoms with Crippen LogP contribution in [0.15, 0.2) is 48.5 Å². The predicted octanol–water partition coefficient (Wildman–Crippen LogP) is 4.93. The zero-order valence-corrected chi connectivity index (χ0v) is 17.5. The Kier molecular flexibility index (Phi) is 6.70. The Morgan fingerprint density at radius 1 is 1.03 bits per heavy atom. The van der Waals surface area contributed by atoms with Gasteiger partial charge in [0.15, 0.2) is 5.78 Å². The first-order chi connectivity index (χ1) is 13.8. The van der Waals surface area contributed by atoms with Crippen LogP contribution in [0.2, 0.25) is 0 Å². The molecule has 1 saturated heterocycles. The van der Waals surface area contributed by atoms with Gasteiger partial charge in [0.05, 0.1) is 0 Å². The zero-order valence-electron chi connectivity index (χ0n) is 17.5. The maximum atomic E-state index is 12.8. The van der Waals surface area contributed by atoms with Crippen molar-refractivity contribution in [1.29, 1.82) is 0 Å². The largest absolute Gasteiger partial charge is 0.444 e. The summed E-state index contributed by atoms with van der Waals surface area (Å²) in [4.78, 5) is 24.9. The Bertz CT molecular complexity index is 847. The van der Waals surface area contributed by atoms with Gasteiger partial charge >= 0.3 is 6.09 Å². The van der Waals surface area contributed by atoms with E-state index in [1.54, 1.807) is 6.07 Å². The third-order valence-electron chi connectivity index (χ3n) is 5.05. The molecule has 0 bridgehead atoms. The summed E-state index contributed by atoms with van der Waals surface area (Å²) in [6.45, 7) is 7.54. The van der Waals surface area contributed by atoms with Crippen LogP contribution in [0.25, 0.3) is 0 Å². The van der Waals surface area contributed by atoms with Crippen LogP contribution in [0.5, 0.6) is 0 Å². The summed E-state index contributed by atoms with van der Waals surface area (Å²) in [5, 5.41) is 6.14. The predicted molar refractivity (Wildman–Crippen MR) is 116 cm³/mol. The average molecular weight is 395 g/mol. The molecule has 0 unspecified atom stereocenters. The van der Waals surface area contributed by atoms with E-state index in [0.717, 1.165) is 31.5 Å². The lowest BCUT2D eigenvalue weighted by Crippen LogP contribution is -2.27. The summed E-state index contributed by atoms with van der Waals surface area (Å²) in [5.74, 6) is 0.597. The minimum absolute atomic E-state index is 0.0281. The standard InChI is InChI=1S/C24H30N2O3/c1-24(2,3)29-23(28)26-21-7-5-4-6-20(21)16-22(27)19-10-8-17(9-11-19)18-12-14-25-15-13-18/h4-11,18,25H,12-16H2,1-3H3,(H,26,28). The number of Topliss-reactive ketones (excluding diaryl/α,β-unsaturated/α-hetero) is 1. The minimum atomic E-state index is -0.578. The van der Waals surface area contributed by atoms with E-state index < -0.39 is 11.7 Å². The number of ether oxygens (including phenoxy) is 1. The molecule has 1 aliphatic heterocycles. The van der Waals surface area contributed by atoms with Gasteiger partial charge in [0.25, 0.3) is 0 Å². The van der Waals surface area contributed by atoms with Crippen LogP contribution in [0.3, 0.4) is 0 Å². The number of amides is 1. The number of hydrogen-bond acceptors (Lipinski definition) is 4. The Labute approximate surface area is 172 Å². The SMILES string of the molecule is CC(C)(C)OC(=O)Nc1ccccc1CC(=O)c1ccc(C2CCNCC2)cc1. The first-order valence-corrected chi connectivity index (χ1v) is 10.2. The first kappa shape index (κ1) is 21.1. The summed E-state index contributed by atoms with van der Waals surface area (Å²) >= 11 is 0. The fraction of sp³-hybridized carbons (Fsp3) is 0.417. The second kappa shape index (κ2) is 9.23. The molecule has 1 aliphatic rings. The van der Waals surface area contributed by atoms with E-state index in [1.165, 1.54) is 5.56 Å². The molecule has 154 valence electrons. The quantitative estimate of drug-likeness (QED) is 0.706. The molecule has 2 aromatic rings. The average Bonchev–Trinajstić information content (AvgIpc) is 2.69. The van der Waals surface area contributed by atoms with Gasteiger partial charge < -0.3 is 10.1 Å². The maximum absolute atomic E-state index is 12.8. The van der Waals surface area contributed by atoms with Crippen LogP contribution < -0.4 is 10.6 Å². The van der Waals surface area contributed by atoms with Gasteiger partial charge in [-0.3, -0.25) is 10.1 Å². The van der Waals surface area contributed by atoms with Gasteiger partial charge in [0, 0.05) is 17.7 Å². The number of para-hydroxylation sites is 1. The number of piperidine rings is 1. The van der Waals surface area contributed by atoms with Crippen molar-refractivity contribution in [3.63, 3.8) is 0 Å². The first-order valence-electron chi connectivity index (χ1n) is 10.2. The molecule has 1 amide bonds. The fourth-order valence-electron chi connectivity index (χ4n) is 3.58. The van der Waals surface area contributed by atoms with Gasteiger partial charge in [-0.2, -0.15) is 0 Å². The monoisotopic (exact) mass is 394 g/mol. The van der Waals surface area contributed by atoms with Crippen molar-refractivity contribution in [1.82, 2.24) is 5.32 Å². The molecule has 3 rings (SSSR count). The normalized spacial score (nSPS) is 15.0. The number of carbonyl (C=O) groups is 2. The van der Waals surface area contributed by atoms with Crippen LogP contribution in [-0.4, -0.2) is 30.6 Å². The molecular formula is C24H30N2O3. The van der Waals surface area contributed by atoms with Gasteiger partial charge in [-0.15, -0.1) is 0 Å². The summed E-state index contributed by atoms with van der Waals surface area (Å²) in [7, 11) is 0. The molecule has 0 saturated carbocycles. The third-order valence-corrected chi connectivity index (χ3v) is 5.05. The molecule has 1 heterocycles. The molecule has 2 aromatic carbocycles. The Morgan fingerprint density at radius 3 is 2.34 bits per heavy atom. The summed E-state index contributed by atoms with van der Waals surface area (Å²) < 4.78 is 5.32. The van der Waals surface area contributed by atoms with Crippen LogP contribution in [0, 0.1) is 0 Å². The molecule has 5 nitrogen and oxygen atoms in total. The minimum Gasteiger partial charge on any atom is -0.444 e. The van der Waals surface area contributed by atoms with E-state index in [4.69, 9.17) is 4.74 Å². The highest BCUT2D eigenvalue weighted by atomic mass is 16.6. The summed E-state index contributed by atoms with van der Waals surface area (Å²) in [6.07, 6.45) is 1.97. The van der Waals surface area contributed by atoms with Crippen molar-refractivity contribution in [2.75, 3.05) is 18.4 Å². The topological polar surface area (TPSA) is 67.4 Å². The van der Waals surface area contributed by atoms with Gasteiger partial charge in [-0.25, -0.2) is 4.79 Å². The van der Waals surface area contributed by atoms with E-state index in [1.807, 2.05) is 51.1 Å². The molecule has 2 N–H and O–H groups in total. The van der Waals surface area contributed by atoms with Crippen molar-refractivity contribution in [3.8, 4) is 0 Å². The summed E-state index contributed by atoms with van der Waals surface area (Å²) in [5.41, 5.74) is 2.78. The highest BCUT2D eigenvalue weighted by molar-refractivity contribution is 5.99. The Hall–Kier alpha value is -2.66. The molecule has 0 spiro atoms. The fourth-order valence-corrected chi connectivity index (χ4v) is 3.58. The Morgan fingerprint density at radius 2 is 1.69 bits per heavy atom. The van der Waals surface area contributed by atoms with E-state index in [2.05, 4.69) is 22.8 Å². The lowest BCUT2D eigenvalue weighted by Gasteiger charge is -2.23. The van der Waals surface area contributed by atoms with Crippen LogP contribution in [-0.2, 0) is 11.2 Å². The van der Waals surface area contributed by atoms with Gasteiger partial charge in [0.1, 0.15) is 5.60 Å². The van der Waals surface area contributed by atoms with Crippen LogP contribution in [0.1, 0.15) is 61.0 Å². The molecule has 0 radical (unpaired) electrons. The second-order valence-corrected chi connectivity index (χ2v) is 8.53. The molecule has 29 heavy (non-hydrogen) atoms. The number of ketones is 1. The zero-order chi connectivity index (χ0) is 20.9. The lowest BCUT2D eigenvalue weighted by molar-refractivity contribution is 0.0635. The summed E-state index contributed by atoms with van der Waals surface area (Å²) in [6, 6.07) is 15.3. The Balaban J connectivity index is 1.66. The smallest absolute Gasteiger partial charge is 0.412 e. The molecule has 0 aliphatic carbocycles. The molecular weight excluding hydrogens is 364 g/mol. The lowest BCUT2D eigenvalue weighted by atomic mass is 9.89. The molecule has 0 atom stereocenters. The second-order valence-electron chi connectivity index (χ2n) is 8.53. The number of carbonyl (C=O) groups excluding carboxylic acids is 2. The van der Waals surface area contributed by atoms with Crippen LogP contribution in [0.4, 0.5) is 10.5 Å². The van der Waals surface area contributed by atoms with Gasteiger partial charge in [-0.05, 0) is 69.8 Å². The highest BCUT2D eigenvalue weighted by Gasteiger charge is 2.19. The highest BCUT2D eigenvalue weighted by Crippen LogP contribution is 2.26. The van der Waals surface area contributed by atoms with Crippen molar-refractivity contribution >= 4 is 17.6 Å². The van der Waals surface area contributed by atoms with Gasteiger partial charge in [0.2, 0.25) is 0 Å². The van der Waals surface area contributed by atoms with Crippen molar-refractivity contribution in [2.45, 2.75) is 51.6 Å². The van der Waals surface area contributed by atoms with Crippen molar-refractivity contribution in [2.24, 2.45) is 0 Å². The maximum Gasteiger partial charge on any atom is 0.412 e. The number of nitrogens with one attached hydrogen (secondary N) is 2. The number of benzene rings is 2. The number of hydrogen-bond donors (Lipinski definition) is 2. The number of rotatable bonds is 5. The molecule has 1 fully saturated rings. The molecule has 5 heteroatoms. The van der Waals surface area contributed by atoms with Crippen LogP contribution >= 0.6 is 0 Å². The third kappa shape index (κ3) is 6.16. The number of anilines is 1. The molecule has 0 aromatic heterocycles. The van der Waals surface area contributed by atoms with E-state index in [-0.39, 0.29) is 12.2 Å². The van der Waals surface area contributed by atoms with E-state index >= 15 is 0 Å².